The zero-order valence-corrected chi connectivity index (χ0v) is 9.25. The minimum absolute atomic E-state index is 0.861. The molecule has 0 N–H and O–H groups in total. The molecule has 13 heavy (non-hydrogen) atoms. The molecule has 0 atom stereocenters. The first kappa shape index (κ1) is 10.5. The Morgan fingerprint density at radius 1 is 1.15 bits per heavy atom. The lowest BCUT2D eigenvalue weighted by atomic mass is 10.0. The SMILES string of the molecule is Cc1ccc(CC=S)cc1CC=S. The van der Waals surface area contributed by atoms with Gasteiger partial charge in [0.05, 0.1) is 0 Å². The van der Waals surface area contributed by atoms with Crippen LogP contribution in [0.5, 0.6) is 0 Å². The fourth-order valence-electron chi connectivity index (χ4n) is 1.26. The number of aryl methyl sites for hydroxylation is 1. The van der Waals surface area contributed by atoms with Gasteiger partial charge in [-0.1, -0.05) is 42.6 Å². The van der Waals surface area contributed by atoms with E-state index in [0.717, 1.165) is 12.8 Å². The molecule has 2 heteroatoms. The number of hydrogen-bond donors (Lipinski definition) is 0. The molecule has 0 saturated carbocycles. The molecule has 0 nitrogen and oxygen atoms in total. The molecule has 0 amide bonds. The highest BCUT2D eigenvalue weighted by Crippen LogP contribution is 2.11. The van der Waals surface area contributed by atoms with Crippen molar-refractivity contribution in [3.63, 3.8) is 0 Å². The van der Waals surface area contributed by atoms with Gasteiger partial charge in [0.1, 0.15) is 0 Å². The van der Waals surface area contributed by atoms with E-state index in [1.54, 1.807) is 10.7 Å². The molecule has 1 rings (SSSR count). The van der Waals surface area contributed by atoms with E-state index in [9.17, 15) is 0 Å². The Morgan fingerprint density at radius 2 is 1.85 bits per heavy atom. The molecule has 0 aliphatic carbocycles. The maximum atomic E-state index is 4.85. The minimum Gasteiger partial charge on any atom is -0.0931 e. The predicted octanol–water partition coefficient (Wildman–Crippen LogP) is 3.08. The van der Waals surface area contributed by atoms with Gasteiger partial charge in [-0.25, -0.2) is 0 Å². The average Bonchev–Trinajstić information content (AvgIpc) is 2.12. The van der Waals surface area contributed by atoms with Crippen molar-refractivity contribution in [3.8, 4) is 0 Å². The number of thiocarbonyl (C=S) groups is 2. The molecule has 0 bridgehead atoms. The van der Waals surface area contributed by atoms with Crippen molar-refractivity contribution in [2.45, 2.75) is 19.8 Å². The smallest absolute Gasteiger partial charge is 0.00105 e. The summed E-state index contributed by atoms with van der Waals surface area (Å²) in [7, 11) is 0. The third-order valence-electron chi connectivity index (χ3n) is 2.04. The summed E-state index contributed by atoms with van der Waals surface area (Å²) < 4.78 is 0. The van der Waals surface area contributed by atoms with Crippen molar-refractivity contribution < 1.29 is 0 Å². The highest BCUT2D eigenvalue weighted by molar-refractivity contribution is 7.79. The zero-order valence-electron chi connectivity index (χ0n) is 7.62. The van der Waals surface area contributed by atoms with Crippen molar-refractivity contribution in [2.75, 3.05) is 0 Å². The van der Waals surface area contributed by atoms with Gasteiger partial charge in [-0.2, -0.15) is 0 Å². The van der Waals surface area contributed by atoms with Crippen molar-refractivity contribution >= 4 is 35.2 Å². The van der Waals surface area contributed by atoms with Gasteiger partial charge >= 0.3 is 0 Å². The lowest BCUT2D eigenvalue weighted by Gasteiger charge is -2.04. The fraction of sp³-hybridized carbons (Fsp3) is 0.273. The van der Waals surface area contributed by atoms with Crippen molar-refractivity contribution in [1.82, 2.24) is 0 Å². The molecule has 1 aromatic rings. The molecule has 0 aromatic heterocycles. The van der Waals surface area contributed by atoms with Crippen LogP contribution in [-0.2, 0) is 12.8 Å². The maximum Gasteiger partial charge on any atom is 0.00105 e. The molecule has 0 radical (unpaired) electrons. The lowest BCUT2D eigenvalue weighted by Crippen LogP contribution is -1.93. The summed E-state index contributed by atoms with van der Waals surface area (Å²) >= 11 is 9.67. The van der Waals surface area contributed by atoms with E-state index in [4.69, 9.17) is 24.4 Å². The van der Waals surface area contributed by atoms with Gasteiger partial charge in [-0.15, -0.1) is 0 Å². The molecule has 0 fully saturated rings. The van der Waals surface area contributed by atoms with E-state index < -0.39 is 0 Å². The summed E-state index contributed by atoms with van der Waals surface area (Å²) in [5.74, 6) is 0. The normalized spacial score (nSPS) is 9.62. The number of benzene rings is 1. The quantitative estimate of drug-likeness (QED) is 0.697. The van der Waals surface area contributed by atoms with Crippen molar-refractivity contribution in [2.24, 2.45) is 0 Å². The third kappa shape index (κ3) is 2.98. The second-order valence-electron chi connectivity index (χ2n) is 3.00. The van der Waals surface area contributed by atoms with Gasteiger partial charge in [0.2, 0.25) is 0 Å². The monoisotopic (exact) mass is 208 g/mol. The Balaban J connectivity index is 2.95. The first-order chi connectivity index (χ1) is 6.27. The van der Waals surface area contributed by atoms with Gasteiger partial charge in [-0.3, -0.25) is 0 Å². The molecule has 0 spiro atoms. The molecular weight excluding hydrogens is 196 g/mol. The summed E-state index contributed by atoms with van der Waals surface area (Å²) in [4.78, 5) is 0. The topological polar surface area (TPSA) is 0 Å². The fourth-order valence-corrected chi connectivity index (χ4v) is 1.63. The van der Waals surface area contributed by atoms with Crippen LogP contribution in [0, 0.1) is 6.92 Å². The Hall–Kier alpha value is -0.600. The van der Waals surface area contributed by atoms with E-state index in [-0.39, 0.29) is 0 Å². The maximum absolute atomic E-state index is 4.85. The summed E-state index contributed by atoms with van der Waals surface area (Å²) in [6, 6.07) is 6.42. The summed E-state index contributed by atoms with van der Waals surface area (Å²) in [6.45, 7) is 2.11. The van der Waals surface area contributed by atoms with Crippen LogP contribution in [0.15, 0.2) is 18.2 Å². The minimum atomic E-state index is 0.861. The second kappa shape index (κ2) is 5.20. The Bertz CT molecular complexity index is 316. The van der Waals surface area contributed by atoms with Crippen LogP contribution >= 0.6 is 24.4 Å². The van der Waals surface area contributed by atoms with E-state index in [2.05, 4.69) is 25.1 Å². The lowest BCUT2D eigenvalue weighted by molar-refractivity contribution is 1.24. The van der Waals surface area contributed by atoms with Gasteiger partial charge in [0, 0.05) is 12.8 Å². The Morgan fingerprint density at radius 3 is 2.46 bits per heavy atom. The largest absolute Gasteiger partial charge is 0.0931 e. The van der Waals surface area contributed by atoms with Gasteiger partial charge in [-0.05, 0) is 34.3 Å². The Kier molecular flexibility index (Phi) is 4.19. The molecule has 0 saturated heterocycles. The summed E-state index contributed by atoms with van der Waals surface area (Å²) in [5, 5.41) is 3.52. The van der Waals surface area contributed by atoms with Gasteiger partial charge in [0.15, 0.2) is 0 Å². The average molecular weight is 208 g/mol. The van der Waals surface area contributed by atoms with Crippen LogP contribution in [0.1, 0.15) is 16.7 Å². The van der Waals surface area contributed by atoms with Crippen molar-refractivity contribution in [1.29, 1.82) is 0 Å². The molecule has 0 heterocycles. The van der Waals surface area contributed by atoms with Crippen LogP contribution in [0.25, 0.3) is 0 Å². The van der Waals surface area contributed by atoms with E-state index in [1.165, 1.54) is 16.7 Å². The van der Waals surface area contributed by atoms with Crippen LogP contribution in [0.3, 0.4) is 0 Å². The molecule has 0 aliphatic rings. The van der Waals surface area contributed by atoms with Crippen LogP contribution < -0.4 is 0 Å². The van der Waals surface area contributed by atoms with Crippen LogP contribution in [0.2, 0.25) is 0 Å². The van der Waals surface area contributed by atoms with Crippen LogP contribution in [-0.4, -0.2) is 10.7 Å². The third-order valence-corrected chi connectivity index (χ3v) is 2.37. The van der Waals surface area contributed by atoms with E-state index >= 15 is 0 Å². The van der Waals surface area contributed by atoms with E-state index in [1.807, 2.05) is 0 Å². The van der Waals surface area contributed by atoms with Gasteiger partial charge in [0.25, 0.3) is 0 Å². The highest BCUT2D eigenvalue weighted by atomic mass is 32.1. The number of rotatable bonds is 4. The molecule has 0 aliphatic heterocycles. The summed E-state index contributed by atoms with van der Waals surface area (Å²) in [6.07, 6.45) is 1.73. The van der Waals surface area contributed by atoms with Crippen molar-refractivity contribution in [3.05, 3.63) is 34.9 Å². The van der Waals surface area contributed by atoms with Gasteiger partial charge < -0.3 is 0 Å². The Labute approximate surface area is 90.0 Å². The molecule has 68 valence electrons. The highest BCUT2D eigenvalue weighted by Gasteiger charge is 1.97. The van der Waals surface area contributed by atoms with Crippen LogP contribution in [0.4, 0.5) is 0 Å². The standard InChI is InChI=1S/C11H12S2/c1-9-2-3-10(4-6-12)8-11(9)5-7-13/h2-3,6-8H,4-5H2,1H3. The molecule has 0 unspecified atom stereocenters. The molecule has 1 aromatic carbocycles. The van der Waals surface area contributed by atoms with E-state index in [0.29, 0.717) is 0 Å². The first-order valence-corrected chi connectivity index (χ1v) is 5.18. The summed E-state index contributed by atoms with van der Waals surface area (Å²) in [5.41, 5.74) is 3.88. The molecular formula is C11H12S2. The number of hydrogen-bond acceptors (Lipinski definition) is 2. The predicted molar refractivity (Wildman–Crippen MR) is 65.9 cm³/mol. The zero-order chi connectivity index (χ0) is 9.68. The second-order valence-corrected chi connectivity index (χ2v) is 3.67. The first-order valence-electron chi connectivity index (χ1n) is 4.23.